The summed E-state index contributed by atoms with van der Waals surface area (Å²) in [5.41, 5.74) is 7.28. The molecule has 5 nitrogen and oxygen atoms in total. The number of aromatic nitrogens is 2. The third-order valence-corrected chi connectivity index (χ3v) is 3.96. The number of carbonyl (C=O) groups excluding carboxylic acids is 1. The highest BCUT2D eigenvalue weighted by molar-refractivity contribution is 6.30. The van der Waals surface area contributed by atoms with E-state index in [0.29, 0.717) is 12.1 Å². The fourth-order valence-electron chi connectivity index (χ4n) is 2.33. The van der Waals surface area contributed by atoms with E-state index in [9.17, 15) is 9.18 Å². The molecular formula is C19H15ClFN3O2. The first-order valence-corrected chi connectivity index (χ1v) is 8.17. The number of amides is 1. The fourth-order valence-corrected chi connectivity index (χ4v) is 2.53. The number of benzene rings is 2. The van der Waals surface area contributed by atoms with Gasteiger partial charge < -0.3 is 10.5 Å². The van der Waals surface area contributed by atoms with Gasteiger partial charge in [-0.15, -0.1) is 0 Å². The standard InChI is InChI=1S/C19H15ClFN3O2/c20-18-15(23-10-16(24-18)19(22)25)8-13-6-7-14(21)17(9-13)26-11-12-4-2-1-3-5-12/h1-7,9-10H,8,11H2,(H2,22,25). The van der Waals surface area contributed by atoms with E-state index in [1.807, 2.05) is 30.3 Å². The van der Waals surface area contributed by atoms with Crippen molar-refractivity contribution in [3.05, 3.63) is 88.2 Å². The summed E-state index contributed by atoms with van der Waals surface area (Å²) >= 11 is 6.05. The minimum atomic E-state index is -0.704. The highest BCUT2D eigenvalue weighted by Gasteiger charge is 2.12. The number of ether oxygens (including phenoxy) is 1. The smallest absolute Gasteiger partial charge is 0.268 e. The van der Waals surface area contributed by atoms with Gasteiger partial charge in [0, 0.05) is 6.42 Å². The predicted octanol–water partition coefficient (Wildman–Crippen LogP) is 3.54. The predicted molar refractivity (Wildman–Crippen MR) is 95.5 cm³/mol. The second-order valence-corrected chi connectivity index (χ2v) is 5.93. The lowest BCUT2D eigenvalue weighted by Crippen LogP contribution is -2.14. The van der Waals surface area contributed by atoms with E-state index >= 15 is 0 Å². The summed E-state index contributed by atoms with van der Waals surface area (Å²) < 4.78 is 19.6. The van der Waals surface area contributed by atoms with Crippen LogP contribution in [0.1, 0.15) is 27.3 Å². The summed E-state index contributed by atoms with van der Waals surface area (Å²) in [6.07, 6.45) is 1.58. The number of hydrogen-bond donors (Lipinski definition) is 1. The maximum absolute atomic E-state index is 14.0. The van der Waals surface area contributed by atoms with Crippen molar-refractivity contribution in [2.75, 3.05) is 0 Å². The van der Waals surface area contributed by atoms with Crippen molar-refractivity contribution in [3.63, 3.8) is 0 Å². The molecule has 132 valence electrons. The van der Waals surface area contributed by atoms with Gasteiger partial charge in [-0.25, -0.2) is 9.37 Å². The molecule has 0 aliphatic heterocycles. The third-order valence-electron chi connectivity index (χ3n) is 3.66. The molecule has 0 unspecified atom stereocenters. The molecule has 7 heteroatoms. The van der Waals surface area contributed by atoms with Crippen LogP contribution in [-0.4, -0.2) is 15.9 Å². The molecule has 0 atom stereocenters. The van der Waals surface area contributed by atoms with Gasteiger partial charge in [0.05, 0.1) is 11.9 Å². The van der Waals surface area contributed by atoms with Crippen LogP contribution in [0.15, 0.2) is 54.7 Å². The summed E-state index contributed by atoms with van der Waals surface area (Å²) in [7, 11) is 0. The molecule has 0 saturated carbocycles. The lowest BCUT2D eigenvalue weighted by Gasteiger charge is -2.10. The number of nitrogens with zero attached hydrogens (tertiary/aromatic N) is 2. The van der Waals surface area contributed by atoms with Crippen LogP contribution in [0.3, 0.4) is 0 Å². The average molecular weight is 372 g/mol. The van der Waals surface area contributed by atoms with Crippen LogP contribution in [0.25, 0.3) is 0 Å². The molecule has 0 fully saturated rings. The SMILES string of the molecule is NC(=O)c1cnc(Cc2ccc(F)c(OCc3ccccc3)c2)c(Cl)n1. The van der Waals surface area contributed by atoms with Crippen molar-refractivity contribution in [3.8, 4) is 5.75 Å². The van der Waals surface area contributed by atoms with Crippen molar-refractivity contribution in [2.24, 2.45) is 5.73 Å². The topological polar surface area (TPSA) is 78.1 Å². The first-order chi connectivity index (χ1) is 12.5. The van der Waals surface area contributed by atoms with Gasteiger partial charge in [-0.2, -0.15) is 0 Å². The highest BCUT2D eigenvalue weighted by atomic mass is 35.5. The molecule has 26 heavy (non-hydrogen) atoms. The zero-order chi connectivity index (χ0) is 18.5. The number of nitrogens with two attached hydrogens (primary N) is 1. The molecule has 0 spiro atoms. The number of primary amides is 1. The molecule has 1 aromatic heterocycles. The van der Waals surface area contributed by atoms with Gasteiger partial charge in [0.2, 0.25) is 0 Å². The second kappa shape index (κ2) is 7.93. The van der Waals surface area contributed by atoms with Gasteiger partial charge in [-0.3, -0.25) is 9.78 Å². The number of rotatable bonds is 6. The largest absolute Gasteiger partial charge is 0.486 e. The maximum atomic E-state index is 14.0. The fraction of sp³-hybridized carbons (Fsp3) is 0.105. The molecule has 2 aromatic carbocycles. The lowest BCUT2D eigenvalue weighted by molar-refractivity contribution is 0.0995. The van der Waals surface area contributed by atoms with E-state index in [1.54, 1.807) is 12.1 Å². The van der Waals surface area contributed by atoms with E-state index in [1.165, 1.54) is 12.3 Å². The van der Waals surface area contributed by atoms with Crippen molar-refractivity contribution < 1.29 is 13.9 Å². The number of carbonyl (C=O) groups is 1. The lowest BCUT2D eigenvalue weighted by atomic mass is 10.1. The monoisotopic (exact) mass is 371 g/mol. The Hall–Kier alpha value is -2.99. The Morgan fingerprint density at radius 2 is 1.92 bits per heavy atom. The first-order valence-electron chi connectivity index (χ1n) is 7.79. The Morgan fingerprint density at radius 3 is 2.62 bits per heavy atom. The highest BCUT2D eigenvalue weighted by Crippen LogP contribution is 2.23. The average Bonchev–Trinajstić information content (AvgIpc) is 2.64. The van der Waals surface area contributed by atoms with Crippen molar-refractivity contribution in [1.82, 2.24) is 9.97 Å². The summed E-state index contributed by atoms with van der Waals surface area (Å²) in [5.74, 6) is -1.01. The molecule has 0 aliphatic carbocycles. The molecule has 0 bridgehead atoms. The molecule has 1 amide bonds. The normalized spacial score (nSPS) is 10.5. The molecule has 0 aliphatic rings. The van der Waals surface area contributed by atoms with E-state index in [-0.39, 0.29) is 23.2 Å². The first kappa shape index (κ1) is 17.8. The van der Waals surface area contributed by atoms with Crippen LogP contribution in [0, 0.1) is 5.82 Å². The summed E-state index contributed by atoms with van der Waals surface area (Å²) in [6.45, 7) is 0.259. The minimum absolute atomic E-state index is 0.00950. The quantitative estimate of drug-likeness (QED) is 0.718. The van der Waals surface area contributed by atoms with E-state index in [0.717, 1.165) is 11.1 Å². The van der Waals surface area contributed by atoms with Gasteiger partial charge >= 0.3 is 0 Å². The van der Waals surface area contributed by atoms with E-state index in [2.05, 4.69) is 9.97 Å². The van der Waals surface area contributed by atoms with E-state index in [4.69, 9.17) is 22.1 Å². The Bertz CT molecular complexity index is 935. The molecule has 3 aromatic rings. The minimum Gasteiger partial charge on any atom is -0.486 e. The third kappa shape index (κ3) is 4.34. The molecule has 1 heterocycles. The Kier molecular flexibility index (Phi) is 5.43. The maximum Gasteiger partial charge on any atom is 0.268 e. The van der Waals surface area contributed by atoms with Crippen LogP contribution < -0.4 is 10.5 Å². The molecular weight excluding hydrogens is 357 g/mol. The Morgan fingerprint density at radius 1 is 1.15 bits per heavy atom. The van der Waals surface area contributed by atoms with Gasteiger partial charge in [0.15, 0.2) is 16.7 Å². The molecule has 2 N–H and O–H groups in total. The summed E-state index contributed by atoms with van der Waals surface area (Å²) in [6, 6.07) is 14.0. The van der Waals surface area contributed by atoms with Gasteiger partial charge in [0.25, 0.3) is 5.91 Å². The van der Waals surface area contributed by atoms with Gasteiger partial charge in [-0.05, 0) is 23.3 Å². The van der Waals surface area contributed by atoms with Crippen LogP contribution >= 0.6 is 11.6 Å². The molecule has 3 rings (SSSR count). The molecule has 0 saturated heterocycles. The van der Waals surface area contributed by atoms with Gasteiger partial charge in [0.1, 0.15) is 12.3 Å². The van der Waals surface area contributed by atoms with Crippen LogP contribution in [0.2, 0.25) is 5.15 Å². The summed E-state index contributed by atoms with van der Waals surface area (Å²) in [5, 5.41) is 0.0809. The second-order valence-electron chi connectivity index (χ2n) is 5.57. The zero-order valence-corrected chi connectivity index (χ0v) is 14.4. The number of hydrogen-bond acceptors (Lipinski definition) is 4. The number of halogens is 2. The van der Waals surface area contributed by atoms with E-state index < -0.39 is 11.7 Å². The van der Waals surface area contributed by atoms with Gasteiger partial charge in [-0.1, -0.05) is 48.0 Å². The summed E-state index contributed by atoms with van der Waals surface area (Å²) in [4.78, 5) is 19.1. The van der Waals surface area contributed by atoms with Crippen LogP contribution in [-0.2, 0) is 13.0 Å². The van der Waals surface area contributed by atoms with Crippen molar-refractivity contribution in [1.29, 1.82) is 0 Å². The Balaban J connectivity index is 1.76. The Labute approximate surface area is 154 Å². The zero-order valence-electron chi connectivity index (χ0n) is 13.7. The van der Waals surface area contributed by atoms with Crippen LogP contribution in [0.5, 0.6) is 5.75 Å². The van der Waals surface area contributed by atoms with Crippen molar-refractivity contribution in [2.45, 2.75) is 13.0 Å². The molecule has 0 radical (unpaired) electrons. The van der Waals surface area contributed by atoms with Crippen molar-refractivity contribution >= 4 is 17.5 Å². The van der Waals surface area contributed by atoms with Crippen LogP contribution in [0.4, 0.5) is 4.39 Å².